The minimum Gasteiger partial charge on any atom is -0.477 e. The lowest BCUT2D eigenvalue weighted by Crippen LogP contribution is -2.12. The van der Waals surface area contributed by atoms with Crippen LogP contribution in [0.4, 0.5) is 11.4 Å². The van der Waals surface area contributed by atoms with Crippen molar-refractivity contribution < 1.29 is 18.3 Å². The van der Waals surface area contributed by atoms with Crippen molar-refractivity contribution in [2.45, 2.75) is 4.21 Å². The third kappa shape index (κ3) is 3.53. The third-order valence-electron chi connectivity index (χ3n) is 2.69. The molecule has 0 aliphatic rings. The van der Waals surface area contributed by atoms with Gasteiger partial charge in [-0.1, -0.05) is 0 Å². The van der Waals surface area contributed by atoms with Crippen LogP contribution in [0.15, 0.2) is 40.6 Å². The number of aromatic carboxylic acids is 1. The van der Waals surface area contributed by atoms with Crippen molar-refractivity contribution in [1.82, 2.24) is 0 Å². The number of hydrogen-bond donors (Lipinski definition) is 2. The topological polar surface area (TPSA) is 86.7 Å². The van der Waals surface area contributed by atoms with E-state index in [1.807, 2.05) is 19.0 Å². The maximum absolute atomic E-state index is 12.2. The third-order valence-corrected chi connectivity index (χ3v) is 5.64. The molecule has 0 radical (unpaired) electrons. The molecule has 8 heteroatoms. The molecule has 1 heterocycles. The highest BCUT2D eigenvalue weighted by molar-refractivity contribution is 7.94. The Bertz CT molecular complexity index is 749. The van der Waals surface area contributed by atoms with Crippen LogP contribution in [-0.2, 0) is 10.0 Å². The summed E-state index contributed by atoms with van der Waals surface area (Å²) in [5.74, 6) is -1.14. The molecule has 0 bridgehead atoms. The van der Waals surface area contributed by atoms with Crippen LogP contribution in [-0.4, -0.2) is 33.6 Å². The van der Waals surface area contributed by atoms with Gasteiger partial charge in [-0.3, -0.25) is 4.72 Å². The van der Waals surface area contributed by atoms with E-state index in [-0.39, 0.29) is 9.09 Å². The second-order valence-electron chi connectivity index (χ2n) is 4.47. The average molecular weight is 326 g/mol. The van der Waals surface area contributed by atoms with Gasteiger partial charge in [-0.15, -0.1) is 11.3 Å². The first-order valence-electron chi connectivity index (χ1n) is 5.93. The van der Waals surface area contributed by atoms with Crippen LogP contribution in [0.5, 0.6) is 0 Å². The fourth-order valence-electron chi connectivity index (χ4n) is 1.61. The molecule has 2 N–H and O–H groups in total. The van der Waals surface area contributed by atoms with Crippen LogP contribution in [0.1, 0.15) is 9.67 Å². The summed E-state index contributed by atoms with van der Waals surface area (Å²) in [6.07, 6.45) is 0. The summed E-state index contributed by atoms with van der Waals surface area (Å²) >= 11 is 0.717. The van der Waals surface area contributed by atoms with Crippen molar-refractivity contribution in [1.29, 1.82) is 0 Å². The zero-order valence-corrected chi connectivity index (χ0v) is 13.0. The smallest absolute Gasteiger partial charge is 0.345 e. The van der Waals surface area contributed by atoms with Crippen molar-refractivity contribution in [3.05, 3.63) is 41.3 Å². The Morgan fingerprint density at radius 1 is 1.14 bits per heavy atom. The number of thiophene rings is 1. The lowest BCUT2D eigenvalue weighted by Gasteiger charge is -2.13. The molecule has 0 saturated heterocycles. The summed E-state index contributed by atoms with van der Waals surface area (Å²) < 4.78 is 26.7. The summed E-state index contributed by atoms with van der Waals surface area (Å²) in [7, 11) is 0.00678. The number of carboxylic acid groups (broad SMARTS) is 1. The molecule has 0 fully saturated rings. The highest BCUT2D eigenvalue weighted by Gasteiger charge is 2.19. The molecule has 0 amide bonds. The maximum Gasteiger partial charge on any atom is 0.345 e. The quantitative estimate of drug-likeness (QED) is 0.880. The molecule has 0 atom stereocenters. The first-order chi connectivity index (χ1) is 9.79. The van der Waals surface area contributed by atoms with E-state index >= 15 is 0 Å². The molecule has 6 nitrogen and oxygen atoms in total. The van der Waals surface area contributed by atoms with Gasteiger partial charge < -0.3 is 10.0 Å². The number of carbonyl (C=O) groups is 1. The van der Waals surface area contributed by atoms with Crippen LogP contribution < -0.4 is 9.62 Å². The van der Waals surface area contributed by atoms with E-state index in [2.05, 4.69) is 4.72 Å². The molecule has 112 valence electrons. The van der Waals surface area contributed by atoms with E-state index in [0.717, 1.165) is 5.69 Å². The van der Waals surface area contributed by atoms with Gasteiger partial charge in [0.2, 0.25) is 0 Å². The highest BCUT2D eigenvalue weighted by Crippen LogP contribution is 2.25. The van der Waals surface area contributed by atoms with Gasteiger partial charge in [0, 0.05) is 25.5 Å². The van der Waals surface area contributed by atoms with E-state index in [1.54, 1.807) is 24.3 Å². The lowest BCUT2D eigenvalue weighted by atomic mass is 10.3. The number of nitrogens with one attached hydrogen (secondary N) is 1. The van der Waals surface area contributed by atoms with E-state index in [4.69, 9.17) is 5.11 Å². The predicted octanol–water partition coefficient (Wildman–Crippen LogP) is 2.31. The first-order valence-corrected chi connectivity index (χ1v) is 8.23. The van der Waals surface area contributed by atoms with Gasteiger partial charge >= 0.3 is 5.97 Å². The number of carboxylic acids is 1. The molecular formula is C13H14N2O4S2. The van der Waals surface area contributed by atoms with Crippen molar-refractivity contribution in [3.63, 3.8) is 0 Å². The van der Waals surface area contributed by atoms with E-state index < -0.39 is 16.0 Å². The minimum atomic E-state index is -3.77. The normalized spacial score (nSPS) is 11.1. The zero-order chi connectivity index (χ0) is 15.6. The van der Waals surface area contributed by atoms with Gasteiger partial charge in [0.25, 0.3) is 10.0 Å². The van der Waals surface area contributed by atoms with Gasteiger partial charge in [-0.25, -0.2) is 13.2 Å². The van der Waals surface area contributed by atoms with Crippen LogP contribution in [0, 0.1) is 0 Å². The van der Waals surface area contributed by atoms with E-state index in [1.165, 1.54) is 12.1 Å². The Morgan fingerprint density at radius 3 is 2.24 bits per heavy atom. The average Bonchev–Trinajstić information content (AvgIpc) is 2.89. The summed E-state index contributed by atoms with van der Waals surface area (Å²) in [6, 6.07) is 9.43. The second kappa shape index (κ2) is 5.74. The summed E-state index contributed by atoms with van der Waals surface area (Å²) in [5.41, 5.74) is 1.37. The fraction of sp³-hybridized carbons (Fsp3) is 0.154. The molecule has 1 aromatic carbocycles. The Kier molecular flexibility index (Phi) is 4.19. The van der Waals surface area contributed by atoms with E-state index in [9.17, 15) is 13.2 Å². The van der Waals surface area contributed by atoms with Gasteiger partial charge in [0.05, 0.1) is 0 Å². The Balaban J connectivity index is 2.22. The number of rotatable bonds is 5. The Labute approximate surface area is 126 Å². The van der Waals surface area contributed by atoms with Crippen molar-refractivity contribution >= 4 is 38.7 Å². The van der Waals surface area contributed by atoms with Crippen LogP contribution in [0.25, 0.3) is 0 Å². The summed E-state index contributed by atoms with van der Waals surface area (Å²) in [5, 5.41) is 8.83. The fourth-order valence-corrected chi connectivity index (χ4v) is 3.82. The Morgan fingerprint density at radius 2 is 1.76 bits per heavy atom. The van der Waals surface area contributed by atoms with Crippen LogP contribution in [0.3, 0.4) is 0 Å². The largest absolute Gasteiger partial charge is 0.477 e. The monoisotopic (exact) mass is 326 g/mol. The molecule has 1 aromatic heterocycles. The number of anilines is 2. The predicted molar refractivity (Wildman–Crippen MR) is 82.9 cm³/mol. The molecular weight excluding hydrogens is 312 g/mol. The number of sulfonamides is 1. The molecule has 0 aliphatic carbocycles. The number of nitrogens with zero attached hydrogens (tertiary/aromatic N) is 1. The van der Waals surface area contributed by atoms with Gasteiger partial charge in [0.15, 0.2) is 0 Å². The summed E-state index contributed by atoms with van der Waals surface area (Å²) in [4.78, 5) is 12.7. The molecule has 21 heavy (non-hydrogen) atoms. The minimum absolute atomic E-state index is 0.0154. The zero-order valence-electron chi connectivity index (χ0n) is 11.4. The van der Waals surface area contributed by atoms with Crippen LogP contribution >= 0.6 is 11.3 Å². The Hall–Kier alpha value is -2.06. The van der Waals surface area contributed by atoms with Gasteiger partial charge in [-0.2, -0.15) is 0 Å². The maximum atomic E-state index is 12.2. The first kappa shape index (κ1) is 15.3. The molecule has 0 saturated carbocycles. The molecule has 2 rings (SSSR count). The van der Waals surface area contributed by atoms with Crippen LogP contribution in [0.2, 0.25) is 0 Å². The summed E-state index contributed by atoms with van der Waals surface area (Å²) in [6.45, 7) is 0. The highest BCUT2D eigenvalue weighted by atomic mass is 32.2. The van der Waals surface area contributed by atoms with Gasteiger partial charge in [0.1, 0.15) is 9.09 Å². The van der Waals surface area contributed by atoms with Crippen molar-refractivity contribution in [3.8, 4) is 0 Å². The lowest BCUT2D eigenvalue weighted by molar-refractivity contribution is 0.0702. The van der Waals surface area contributed by atoms with E-state index in [0.29, 0.717) is 17.0 Å². The SMILES string of the molecule is CN(C)c1ccc(NS(=O)(=O)c2ccc(C(=O)O)s2)cc1. The molecule has 0 spiro atoms. The standard InChI is InChI=1S/C13H14N2O4S2/c1-15(2)10-5-3-9(4-6-10)14-21(18,19)12-8-7-11(20-12)13(16)17/h3-8,14H,1-2H3,(H,16,17). The van der Waals surface area contributed by atoms with Gasteiger partial charge in [-0.05, 0) is 36.4 Å². The second-order valence-corrected chi connectivity index (χ2v) is 7.46. The number of hydrogen-bond acceptors (Lipinski definition) is 5. The molecule has 2 aromatic rings. The van der Waals surface area contributed by atoms with Crippen molar-refractivity contribution in [2.75, 3.05) is 23.7 Å². The van der Waals surface area contributed by atoms with Crippen molar-refractivity contribution in [2.24, 2.45) is 0 Å². The number of benzene rings is 1. The molecule has 0 unspecified atom stereocenters. The molecule has 0 aliphatic heterocycles.